The summed E-state index contributed by atoms with van der Waals surface area (Å²) in [6, 6.07) is 8.68. The van der Waals surface area contributed by atoms with Crippen LogP contribution < -0.4 is 10.4 Å². The summed E-state index contributed by atoms with van der Waals surface area (Å²) in [4.78, 5) is 20.7. The van der Waals surface area contributed by atoms with Crippen molar-refractivity contribution in [2.45, 2.75) is 37.6 Å². The fraction of sp³-hybridized carbons (Fsp3) is 0.632. The van der Waals surface area contributed by atoms with Gasteiger partial charge >= 0.3 is 6.09 Å². The highest BCUT2D eigenvalue weighted by molar-refractivity contribution is 5.66. The second kappa shape index (κ2) is 10.4. The van der Waals surface area contributed by atoms with Gasteiger partial charge in [-0.1, -0.05) is 23.2 Å². The molecule has 2 N–H and O–H groups in total. The summed E-state index contributed by atoms with van der Waals surface area (Å²) in [6.07, 6.45) is -0.0361. The van der Waals surface area contributed by atoms with Gasteiger partial charge < -0.3 is 33.7 Å². The second-order valence-electron chi connectivity index (χ2n) is 7.21. The quantitative estimate of drug-likeness (QED) is 0.401. The third-order valence-corrected chi connectivity index (χ3v) is 5.28. The number of hydroxylamine groups is 1. The molecule has 0 bridgehead atoms. The predicted molar refractivity (Wildman–Crippen MR) is 96.2 cm³/mol. The van der Waals surface area contributed by atoms with Gasteiger partial charge in [0.25, 0.3) is 0 Å². The fourth-order valence-corrected chi connectivity index (χ4v) is 3.73. The molecule has 1 aromatic carbocycles. The highest BCUT2D eigenvalue weighted by atomic mass is 17.5. The van der Waals surface area contributed by atoms with E-state index in [0.29, 0.717) is 25.6 Å². The molecule has 1 aromatic rings. The Morgan fingerprint density at radius 1 is 0.967 bits per heavy atom. The van der Waals surface area contributed by atoms with E-state index in [2.05, 4.69) is 10.0 Å². The van der Waals surface area contributed by atoms with Gasteiger partial charge in [0.1, 0.15) is 6.10 Å². The first-order chi connectivity index (χ1) is 14.7. The molecule has 4 heterocycles. The Morgan fingerprint density at radius 2 is 1.67 bits per heavy atom. The second-order valence-corrected chi connectivity index (χ2v) is 7.21. The lowest BCUT2D eigenvalue weighted by atomic mass is 10.0. The lowest BCUT2D eigenvalue weighted by Crippen LogP contribution is -2.33. The van der Waals surface area contributed by atoms with Gasteiger partial charge in [-0.25, -0.2) is 4.79 Å². The maximum absolute atomic E-state index is 11.5. The number of benzene rings is 1. The molecular formula is C19H25NO10. The van der Waals surface area contributed by atoms with E-state index in [1.54, 1.807) is 24.3 Å². The van der Waals surface area contributed by atoms with E-state index in [9.17, 15) is 9.90 Å². The minimum Gasteiger partial charge on any atom is -0.442 e. The van der Waals surface area contributed by atoms with Crippen molar-refractivity contribution in [3.8, 4) is 5.75 Å². The number of hydrogen-bond acceptors (Lipinski definition) is 10. The average Bonchev–Trinajstić information content (AvgIpc) is 3.52. The van der Waals surface area contributed by atoms with Crippen molar-refractivity contribution in [2.75, 3.05) is 26.4 Å². The van der Waals surface area contributed by atoms with Crippen molar-refractivity contribution in [1.29, 1.82) is 0 Å². The molecule has 0 radical (unpaired) electrons. The van der Waals surface area contributed by atoms with Crippen LogP contribution in [-0.2, 0) is 33.7 Å². The monoisotopic (exact) mass is 427 g/mol. The van der Waals surface area contributed by atoms with E-state index >= 15 is 0 Å². The maximum Gasteiger partial charge on any atom is 0.434 e. The molecule has 0 aliphatic carbocycles. The average molecular weight is 427 g/mol. The molecule has 4 aliphatic heterocycles. The van der Waals surface area contributed by atoms with Crippen LogP contribution in [0.25, 0.3) is 0 Å². The molecule has 11 nitrogen and oxygen atoms in total. The van der Waals surface area contributed by atoms with Gasteiger partial charge in [-0.3, -0.25) is 0 Å². The molecule has 0 spiro atoms. The Labute approximate surface area is 172 Å². The molecule has 0 unspecified atom stereocenters. The molecule has 4 saturated heterocycles. The van der Waals surface area contributed by atoms with Crippen LogP contribution in [0.2, 0.25) is 0 Å². The van der Waals surface area contributed by atoms with Gasteiger partial charge in [-0.05, 0) is 25.0 Å². The number of fused-ring (bicyclic) bond motifs is 2. The maximum atomic E-state index is 11.5. The van der Waals surface area contributed by atoms with Crippen LogP contribution in [0.4, 0.5) is 4.79 Å². The molecular weight excluding hydrogens is 402 g/mol. The molecule has 166 valence electrons. The van der Waals surface area contributed by atoms with E-state index in [4.69, 9.17) is 28.6 Å². The summed E-state index contributed by atoms with van der Waals surface area (Å²) in [5.74, 6) is 0.755. The summed E-state index contributed by atoms with van der Waals surface area (Å²) < 4.78 is 26.1. The lowest BCUT2D eigenvalue weighted by molar-refractivity contribution is -0.485. The third-order valence-electron chi connectivity index (χ3n) is 5.28. The zero-order valence-electron chi connectivity index (χ0n) is 16.2. The number of rotatable bonds is 5. The molecule has 4 aliphatic rings. The Bertz CT molecular complexity index is 677. The number of hydrogen-bond donors (Lipinski definition) is 2. The van der Waals surface area contributed by atoms with Crippen LogP contribution in [-0.4, -0.2) is 62.4 Å². The Kier molecular flexibility index (Phi) is 7.33. The molecule has 11 heteroatoms. The van der Waals surface area contributed by atoms with E-state index < -0.39 is 6.09 Å². The van der Waals surface area contributed by atoms with Crippen molar-refractivity contribution in [3.05, 3.63) is 30.3 Å². The van der Waals surface area contributed by atoms with Gasteiger partial charge in [0, 0.05) is 11.0 Å². The van der Waals surface area contributed by atoms with Gasteiger partial charge in [-0.15, -0.1) is 0 Å². The van der Waals surface area contributed by atoms with Gasteiger partial charge in [0.05, 0.1) is 38.4 Å². The van der Waals surface area contributed by atoms with Gasteiger partial charge in [-0.2, -0.15) is 5.48 Å². The topological polar surface area (TPSA) is 123 Å². The largest absolute Gasteiger partial charge is 0.442 e. The van der Waals surface area contributed by atoms with Crippen molar-refractivity contribution >= 4 is 6.09 Å². The molecule has 6 atom stereocenters. The minimum absolute atomic E-state index is 0.0669. The molecule has 30 heavy (non-hydrogen) atoms. The van der Waals surface area contributed by atoms with Crippen LogP contribution in [0.1, 0.15) is 12.8 Å². The lowest BCUT2D eigenvalue weighted by Gasteiger charge is -2.15. The first kappa shape index (κ1) is 21.2. The number of carbonyl (C=O) groups excluding carboxylic acids is 1. The summed E-state index contributed by atoms with van der Waals surface area (Å²) in [5.41, 5.74) is 1.95. The number of aliphatic hydroxyl groups is 1. The van der Waals surface area contributed by atoms with Crippen molar-refractivity contribution < 1.29 is 48.5 Å². The summed E-state index contributed by atoms with van der Waals surface area (Å²) in [7, 11) is 0. The van der Waals surface area contributed by atoms with Crippen LogP contribution in [0.15, 0.2) is 30.3 Å². The van der Waals surface area contributed by atoms with E-state index in [-0.39, 0.29) is 36.6 Å². The standard InChI is InChI=1S/C13H15NO7.C6H10O3/c15-13(14-20-21-19-9-4-2-1-3-5-9)18-11-8-17-12-10(11)6-7-16-12;7-5-3-9-6-4(5)1-2-8-6/h1-5,10-12H,6-8H2,(H,14,15);4-7H,1-3H2/t10-,11-,12+;4-,5-,6+/m00/s1. The fourth-order valence-electron chi connectivity index (χ4n) is 3.73. The number of ether oxygens (including phenoxy) is 5. The van der Waals surface area contributed by atoms with Crippen LogP contribution in [0.3, 0.4) is 0 Å². The Morgan fingerprint density at radius 3 is 2.43 bits per heavy atom. The Hall–Kier alpha value is -1.99. The van der Waals surface area contributed by atoms with Crippen molar-refractivity contribution in [1.82, 2.24) is 5.48 Å². The zero-order valence-corrected chi connectivity index (χ0v) is 16.2. The van der Waals surface area contributed by atoms with Gasteiger partial charge in [0.15, 0.2) is 18.3 Å². The number of carbonyl (C=O) groups is 1. The molecule has 1 amide bonds. The first-order valence-corrected chi connectivity index (χ1v) is 9.87. The summed E-state index contributed by atoms with van der Waals surface area (Å²) in [6.45, 7) is 2.12. The highest BCUT2D eigenvalue weighted by Crippen LogP contribution is 2.33. The molecule has 0 saturated carbocycles. The zero-order chi connectivity index (χ0) is 20.8. The molecule has 4 fully saturated rings. The van der Waals surface area contributed by atoms with Crippen molar-refractivity contribution in [2.24, 2.45) is 11.8 Å². The number of para-hydroxylation sites is 1. The van der Waals surface area contributed by atoms with Crippen LogP contribution >= 0.6 is 0 Å². The SMILES string of the molecule is O=C(NOOOc1ccccc1)O[C@H]1CO[C@H]2OCC[C@H]21.O[C@H]1CO[C@H]2OCC[C@H]21. The van der Waals surface area contributed by atoms with E-state index in [1.165, 1.54) is 0 Å². The van der Waals surface area contributed by atoms with Crippen molar-refractivity contribution in [3.63, 3.8) is 0 Å². The molecule has 0 aromatic heterocycles. The van der Waals surface area contributed by atoms with E-state index in [1.807, 2.05) is 11.5 Å². The highest BCUT2D eigenvalue weighted by Gasteiger charge is 2.44. The smallest absolute Gasteiger partial charge is 0.434 e. The van der Waals surface area contributed by atoms with Crippen LogP contribution in [0.5, 0.6) is 5.75 Å². The summed E-state index contributed by atoms with van der Waals surface area (Å²) >= 11 is 0. The van der Waals surface area contributed by atoms with Crippen LogP contribution in [0, 0.1) is 11.8 Å². The Balaban J connectivity index is 0.000000200. The normalized spacial score (nSPS) is 33.9. The molecule has 5 rings (SSSR count). The number of aliphatic hydroxyl groups excluding tert-OH is 1. The minimum atomic E-state index is -0.784. The summed E-state index contributed by atoms with van der Waals surface area (Å²) in [5, 5.41) is 13.6. The first-order valence-electron chi connectivity index (χ1n) is 9.87. The number of amides is 1. The van der Waals surface area contributed by atoms with E-state index in [0.717, 1.165) is 19.4 Å². The number of nitrogens with one attached hydrogen (secondary N) is 1. The third kappa shape index (κ3) is 5.38. The van der Waals surface area contributed by atoms with Gasteiger partial charge in [0.2, 0.25) is 0 Å². The predicted octanol–water partition coefficient (Wildman–Crippen LogP) is 1.07.